The number of halogens is 1. The van der Waals surface area contributed by atoms with E-state index in [0.29, 0.717) is 0 Å². The summed E-state index contributed by atoms with van der Waals surface area (Å²) in [5, 5.41) is 1.19. The Morgan fingerprint density at radius 1 is 1.38 bits per heavy atom. The number of benzene rings is 1. The molecule has 0 aliphatic carbocycles. The average molecular weight is 240 g/mol. The van der Waals surface area contributed by atoms with E-state index < -0.39 is 0 Å². The predicted molar refractivity (Wildman–Crippen MR) is 57.3 cm³/mol. The molecule has 0 fully saturated rings. The fraction of sp³-hybridized carbons (Fsp3) is 0.200. The molecular weight excluding hydrogens is 230 g/mol. The largest absolute Gasteiger partial charge is 0.497 e. The lowest BCUT2D eigenvalue weighted by Crippen LogP contribution is -1.80. The minimum atomic E-state index is 0.876. The predicted octanol–water partition coefficient (Wildman–Crippen LogP) is 3.25. The Morgan fingerprint density at radius 3 is 2.85 bits per heavy atom. The maximum atomic E-state index is 5.14. The number of aromatic nitrogens is 1. The summed E-state index contributed by atoms with van der Waals surface area (Å²) in [6.07, 6.45) is 0. The summed E-state index contributed by atoms with van der Waals surface area (Å²) in [6.45, 7) is 2.04. The van der Waals surface area contributed by atoms with Crippen LogP contribution in [0.5, 0.6) is 5.75 Å². The molecule has 1 N–H and O–H groups in total. The molecule has 2 aromatic rings. The van der Waals surface area contributed by atoms with Crippen LogP contribution in [-0.4, -0.2) is 12.1 Å². The third kappa shape index (κ3) is 1.33. The van der Waals surface area contributed by atoms with Crippen LogP contribution in [0.3, 0.4) is 0 Å². The minimum absolute atomic E-state index is 0.876. The fourth-order valence-corrected chi connectivity index (χ4v) is 1.85. The van der Waals surface area contributed by atoms with Gasteiger partial charge < -0.3 is 9.72 Å². The second kappa shape index (κ2) is 3.07. The van der Waals surface area contributed by atoms with Crippen LogP contribution in [0.15, 0.2) is 22.7 Å². The molecule has 0 saturated carbocycles. The molecule has 0 unspecified atom stereocenters. The lowest BCUT2D eigenvalue weighted by molar-refractivity contribution is 0.415. The van der Waals surface area contributed by atoms with Gasteiger partial charge in [-0.05, 0) is 35.0 Å². The molecule has 1 aromatic carbocycles. The molecule has 0 atom stereocenters. The van der Waals surface area contributed by atoms with E-state index in [1.54, 1.807) is 7.11 Å². The third-order valence-electron chi connectivity index (χ3n) is 2.11. The number of aryl methyl sites for hydroxylation is 1. The normalized spacial score (nSPS) is 10.7. The topological polar surface area (TPSA) is 25.0 Å². The molecule has 0 aliphatic rings. The molecule has 0 bridgehead atoms. The zero-order valence-electron chi connectivity index (χ0n) is 7.52. The molecule has 68 valence electrons. The van der Waals surface area contributed by atoms with E-state index >= 15 is 0 Å². The van der Waals surface area contributed by atoms with Crippen LogP contribution in [0.2, 0.25) is 0 Å². The molecule has 2 rings (SSSR count). The highest BCUT2D eigenvalue weighted by molar-refractivity contribution is 9.10. The van der Waals surface area contributed by atoms with Gasteiger partial charge in [-0.2, -0.15) is 0 Å². The van der Waals surface area contributed by atoms with E-state index in [9.17, 15) is 0 Å². The molecule has 0 amide bonds. The Labute approximate surface area is 85.0 Å². The summed E-state index contributed by atoms with van der Waals surface area (Å²) in [5.41, 5.74) is 2.24. The van der Waals surface area contributed by atoms with Gasteiger partial charge in [0.15, 0.2) is 0 Å². The second-order valence-electron chi connectivity index (χ2n) is 2.98. The smallest absolute Gasteiger partial charge is 0.120 e. The highest BCUT2D eigenvalue weighted by atomic mass is 79.9. The van der Waals surface area contributed by atoms with Gasteiger partial charge >= 0.3 is 0 Å². The van der Waals surface area contributed by atoms with Crippen molar-refractivity contribution >= 4 is 26.8 Å². The molecule has 3 heteroatoms. The number of rotatable bonds is 1. The van der Waals surface area contributed by atoms with Crippen LogP contribution in [0.1, 0.15) is 5.69 Å². The number of methoxy groups -OCH3 is 1. The quantitative estimate of drug-likeness (QED) is 0.813. The average Bonchev–Trinajstić information content (AvgIpc) is 2.42. The van der Waals surface area contributed by atoms with E-state index in [1.807, 2.05) is 25.1 Å². The number of hydrogen-bond acceptors (Lipinski definition) is 1. The van der Waals surface area contributed by atoms with Crippen LogP contribution in [0.25, 0.3) is 10.9 Å². The molecule has 13 heavy (non-hydrogen) atoms. The maximum absolute atomic E-state index is 5.14. The van der Waals surface area contributed by atoms with Gasteiger partial charge in [0.1, 0.15) is 5.75 Å². The Morgan fingerprint density at radius 2 is 2.15 bits per heavy atom. The van der Waals surface area contributed by atoms with Crippen molar-refractivity contribution in [1.29, 1.82) is 0 Å². The molecule has 1 heterocycles. The maximum Gasteiger partial charge on any atom is 0.120 e. The van der Waals surface area contributed by atoms with Crippen molar-refractivity contribution in [3.8, 4) is 5.75 Å². The molecular formula is C10H10BrNO. The van der Waals surface area contributed by atoms with Crippen molar-refractivity contribution in [2.75, 3.05) is 7.11 Å². The Hall–Kier alpha value is -0.960. The number of ether oxygens (including phenoxy) is 1. The van der Waals surface area contributed by atoms with Gasteiger partial charge in [0.05, 0.1) is 12.6 Å². The van der Waals surface area contributed by atoms with Gasteiger partial charge in [-0.1, -0.05) is 0 Å². The number of hydrogen-bond donors (Lipinski definition) is 1. The Bertz CT molecular complexity index is 447. The van der Waals surface area contributed by atoms with E-state index in [1.165, 1.54) is 5.39 Å². The van der Waals surface area contributed by atoms with E-state index in [4.69, 9.17) is 4.74 Å². The van der Waals surface area contributed by atoms with Gasteiger partial charge in [0, 0.05) is 21.6 Å². The van der Waals surface area contributed by atoms with Gasteiger partial charge in [0.2, 0.25) is 0 Å². The zero-order valence-corrected chi connectivity index (χ0v) is 9.10. The first-order chi connectivity index (χ1) is 6.22. The van der Waals surface area contributed by atoms with Crippen molar-refractivity contribution in [1.82, 2.24) is 4.98 Å². The number of nitrogens with one attached hydrogen (secondary N) is 1. The third-order valence-corrected chi connectivity index (χ3v) is 3.14. The van der Waals surface area contributed by atoms with E-state index in [-0.39, 0.29) is 0 Å². The van der Waals surface area contributed by atoms with Crippen LogP contribution >= 0.6 is 15.9 Å². The summed E-state index contributed by atoms with van der Waals surface area (Å²) in [5.74, 6) is 0.876. The Balaban J connectivity index is 2.73. The number of fused-ring (bicyclic) bond motifs is 1. The SMILES string of the molecule is COc1ccc2c(Br)c(C)[nH]c2c1. The minimum Gasteiger partial charge on any atom is -0.497 e. The van der Waals surface area contributed by atoms with Gasteiger partial charge in [-0.3, -0.25) is 0 Å². The first-order valence-electron chi connectivity index (χ1n) is 4.04. The second-order valence-corrected chi connectivity index (χ2v) is 3.77. The monoisotopic (exact) mass is 239 g/mol. The summed E-state index contributed by atoms with van der Waals surface area (Å²) < 4.78 is 6.27. The van der Waals surface area contributed by atoms with Crippen LogP contribution in [-0.2, 0) is 0 Å². The van der Waals surface area contributed by atoms with E-state index in [2.05, 4.69) is 20.9 Å². The summed E-state index contributed by atoms with van der Waals surface area (Å²) >= 11 is 3.53. The van der Waals surface area contributed by atoms with Crippen LogP contribution < -0.4 is 4.74 Å². The van der Waals surface area contributed by atoms with Crippen molar-refractivity contribution in [2.24, 2.45) is 0 Å². The van der Waals surface area contributed by atoms with Crippen LogP contribution in [0, 0.1) is 6.92 Å². The highest BCUT2D eigenvalue weighted by Gasteiger charge is 2.05. The van der Waals surface area contributed by atoms with E-state index in [0.717, 1.165) is 21.4 Å². The highest BCUT2D eigenvalue weighted by Crippen LogP contribution is 2.29. The van der Waals surface area contributed by atoms with Crippen molar-refractivity contribution in [2.45, 2.75) is 6.92 Å². The van der Waals surface area contributed by atoms with Crippen molar-refractivity contribution in [3.05, 3.63) is 28.4 Å². The number of H-pyrrole nitrogens is 1. The first kappa shape index (κ1) is 8.63. The molecule has 0 aliphatic heterocycles. The summed E-state index contributed by atoms with van der Waals surface area (Å²) in [7, 11) is 1.67. The van der Waals surface area contributed by atoms with Gasteiger partial charge in [-0.25, -0.2) is 0 Å². The summed E-state index contributed by atoms with van der Waals surface area (Å²) in [6, 6.07) is 6.00. The van der Waals surface area contributed by atoms with Crippen molar-refractivity contribution < 1.29 is 4.74 Å². The zero-order chi connectivity index (χ0) is 9.42. The standard InChI is InChI=1S/C10H10BrNO/c1-6-10(11)8-4-3-7(13-2)5-9(8)12-6/h3-5,12H,1-2H3. The fourth-order valence-electron chi connectivity index (χ4n) is 1.40. The summed E-state index contributed by atoms with van der Waals surface area (Å²) in [4.78, 5) is 3.27. The van der Waals surface area contributed by atoms with Gasteiger partial charge in [-0.15, -0.1) is 0 Å². The molecule has 0 radical (unpaired) electrons. The molecule has 2 nitrogen and oxygen atoms in total. The first-order valence-corrected chi connectivity index (χ1v) is 4.83. The van der Waals surface area contributed by atoms with Crippen molar-refractivity contribution in [3.63, 3.8) is 0 Å². The number of aromatic amines is 1. The lowest BCUT2D eigenvalue weighted by Gasteiger charge is -1.98. The molecule has 0 saturated heterocycles. The van der Waals surface area contributed by atoms with Crippen LogP contribution in [0.4, 0.5) is 0 Å². The Kier molecular flexibility index (Phi) is 2.04. The van der Waals surface area contributed by atoms with Gasteiger partial charge in [0.25, 0.3) is 0 Å². The molecule has 0 spiro atoms. The lowest BCUT2D eigenvalue weighted by atomic mass is 10.2. The molecule has 1 aromatic heterocycles.